The fraction of sp³-hybridized carbons (Fsp3) is 0.727. The van der Waals surface area contributed by atoms with Crippen molar-refractivity contribution in [2.45, 2.75) is 49.4 Å². The van der Waals surface area contributed by atoms with Gasteiger partial charge in [0.25, 0.3) is 0 Å². The van der Waals surface area contributed by atoms with Crippen molar-refractivity contribution >= 4 is 17.7 Å². The Morgan fingerprint density at radius 1 is 1.65 bits per heavy atom. The fourth-order valence-electron chi connectivity index (χ4n) is 1.45. The highest BCUT2D eigenvalue weighted by molar-refractivity contribution is 8.00. The van der Waals surface area contributed by atoms with Gasteiger partial charge in [-0.25, -0.2) is 4.98 Å². The number of thioether (sulfide) groups is 1. The number of carbonyl (C=O) groups is 1. The van der Waals surface area contributed by atoms with Crippen LogP contribution in [-0.2, 0) is 4.79 Å². The maximum Gasteiger partial charge on any atom is 0.233 e. The largest absolute Gasteiger partial charge is 0.355 e. The summed E-state index contributed by atoms with van der Waals surface area (Å²) in [6.45, 7) is 4.64. The van der Waals surface area contributed by atoms with Gasteiger partial charge in [0.1, 0.15) is 5.82 Å². The Morgan fingerprint density at radius 2 is 2.41 bits per heavy atom. The van der Waals surface area contributed by atoms with Gasteiger partial charge in [0, 0.05) is 12.5 Å². The van der Waals surface area contributed by atoms with E-state index < -0.39 is 0 Å². The summed E-state index contributed by atoms with van der Waals surface area (Å²) in [5, 5.41) is 10.5. The third-order valence-electron chi connectivity index (χ3n) is 2.65. The average molecular weight is 254 g/mol. The molecule has 1 aliphatic carbocycles. The van der Waals surface area contributed by atoms with Gasteiger partial charge in [0.15, 0.2) is 0 Å². The molecular weight excluding hydrogens is 236 g/mol. The lowest BCUT2D eigenvalue weighted by atomic mass is 10.4. The molecule has 0 radical (unpaired) electrons. The van der Waals surface area contributed by atoms with Crippen LogP contribution in [0.4, 0.5) is 0 Å². The summed E-state index contributed by atoms with van der Waals surface area (Å²) in [5.41, 5.74) is 0. The van der Waals surface area contributed by atoms with E-state index in [9.17, 15) is 4.79 Å². The minimum atomic E-state index is -0.149. The van der Waals surface area contributed by atoms with Crippen molar-refractivity contribution in [2.24, 2.45) is 0 Å². The van der Waals surface area contributed by atoms with Crippen LogP contribution in [0.15, 0.2) is 5.16 Å². The van der Waals surface area contributed by atoms with Crippen LogP contribution in [0.25, 0.3) is 0 Å². The molecule has 1 unspecified atom stereocenters. The first-order valence-electron chi connectivity index (χ1n) is 6.07. The lowest BCUT2D eigenvalue weighted by Gasteiger charge is -2.08. The van der Waals surface area contributed by atoms with E-state index in [4.69, 9.17) is 0 Å². The second-order valence-electron chi connectivity index (χ2n) is 4.33. The van der Waals surface area contributed by atoms with Crippen molar-refractivity contribution in [3.05, 3.63) is 5.82 Å². The second-order valence-corrected chi connectivity index (χ2v) is 5.64. The highest BCUT2D eigenvalue weighted by Crippen LogP contribution is 2.38. The molecule has 0 spiro atoms. The number of carbonyl (C=O) groups excluding carboxylic acids is 1. The molecule has 1 aliphatic rings. The highest BCUT2D eigenvalue weighted by atomic mass is 32.2. The van der Waals surface area contributed by atoms with Crippen molar-refractivity contribution in [3.8, 4) is 0 Å². The zero-order chi connectivity index (χ0) is 12.3. The SMILES string of the molecule is CCCNC(=O)C(C)Sc1n[nH]c(C2CC2)n1. The van der Waals surface area contributed by atoms with E-state index in [0.29, 0.717) is 11.1 Å². The molecular formula is C11H18N4OS. The van der Waals surface area contributed by atoms with Crippen LogP contribution in [0.5, 0.6) is 0 Å². The van der Waals surface area contributed by atoms with Gasteiger partial charge in [0.2, 0.25) is 11.1 Å². The van der Waals surface area contributed by atoms with Crippen LogP contribution < -0.4 is 5.32 Å². The molecule has 0 aromatic carbocycles. The minimum Gasteiger partial charge on any atom is -0.355 e. The van der Waals surface area contributed by atoms with Crippen molar-refractivity contribution in [3.63, 3.8) is 0 Å². The fourth-order valence-corrected chi connectivity index (χ4v) is 2.21. The highest BCUT2D eigenvalue weighted by Gasteiger charge is 2.27. The molecule has 5 nitrogen and oxygen atoms in total. The Morgan fingerprint density at radius 3 is 3.06 bits per heavy atom. The molecule has 1 heterocycles. The molecule has 94 valence electrons. The van der Waals surface area contributed by atoms with Gasteiger partial charge in [-0.2, -0.15) is 0 Å². The van der Waals surface area contributed by atoms with E-state index in [1.807, 2.05) is 13.8 Å². The summed E-state index contributed by atoms with van der Waals surface area (Å²) in [5.74, 6) is 1.59. The predicted molar refractivity (Wildman–Crippen MR) is 67.0 cm³/mol. The Labute approximate surface area is 105 Å². The first kappa shape index (κ1) is 12.4. The summed E-state index contributed by atoms with van der Waals surface area (Å²) in [7, 11) is 0. The molecule has 1 saturated carbocycles. The number of aromatic amines is 1. The van der Waals surface area contributed by atoms with E-state index in [1.54, 1.807) is 0 Å². The van der Waals surface area contributed by atoms with Gasteiger partial charge >= 0.3 is 0 Å². The first-order chi connectivity index (χ1) is 8.20. The van der Waals surface area contributed by atoms with Gasteiger partial charge in [0.05, 0.1) is 5.25 Å². The number of hydrogen-bond acceptors (Lipinski definition) is 4. The Balaban J connectivity index is 1.83. The van der Waals surface area contributed by atoms with Crippen molar-refractivity contribution in [1.29, 1.82) is 0 Å². The number of hydrogen-bond donors (Lipinski definition) is 2. The van der Waals surface area contributed by atoms with E-state index in [1.165, 1.54) is 24.6 Å². The van der Waals surface area contributed by atoms with Crippen LogP contribution in [-0.4, -0.2) is 32.9 Å². The minimum absolute atomic E-state index is 0.0506. The molecule has 1 atom stereocenters. The Bertz CT molecular complexity index is 389. The van der Waals surface area contributed by atoms with Crippen LogP contribution in [0.3, 0.4) is 0 Å². The lowest BCUT2D eigenvalue weighted by Crippen LogP contribution is -2.31. The summed E-state index contributed by atoms with van der Waals surface area (Å²) in [6.07, 6.45) is 3.35. The molecule has 1 fully saturated rings. The van der Waals surface area contributed by atoms with Crippen molar-refractivity contribution in [2.75, 3.05) is 6.54 Å². The number of nitrogens with one attached hydrogen (secondary N) is 2. The summed E-state index contributed by atoms with van der Waals surface area (Å²) >= 11 is 1.40. The molecule has 0 aliphatic heterocycles. The maximum absolute atomic E-state index is 11.7. The van der Waals surface area contributed by atoms with E-state index in [0.717, 1.165) is 18.8 Å². The molecule has 1 amide bonds. The maximum atomic E-state index is 11.7. The third-order valence-corrected chi connectivity index (χ3v) is 3.61. The van der Waals surface area contributed by atoms with Gasteiger partial charge in [-0.15, -0.1) is 5.10 Å². The van der Waals surface area contributed by atoms with E-state index in [2.05, 4.69) is 20.5 Å². The first-order valence-corrected chi connectivity index (χ1v) is 6.95. The van der Waals surface area contributed by atoms with Crippen molar-refractivity contribution in [1.82, 2.24) is 20.5 Å². The Kier molecular flexibility index (Phi) is 4.04. The van der Waals surface area contributed by atoms with Gasteiger partial charge in [-0.05, 0) is 26.2 Å². The average Bonchev–Trinajstić information content (AvgIpc) is 3.07. The third kappa shape index (κ3) is 3.46. The van der Waals surface area contributed by atoms with E-state index >= 15 is 0 Å². The number of nitrogens with zero attached hydrogens (tertiary/aromatic N) is 2. The van der Waals surface area contributed by atoms with Gasteiger partial charge < -0.3 is 5.32 Å². The number of amides is 1. The van der Waals surface area contributed by atoms with E-state index in [-0.39, 0.29) is 11.2 Å². The van der Waals surface area contributed by atoms with Crippen LogP contribution in [0.1, 0.15) is 44.9 Å². The molecule has 1 aromatic heterocycles. The number of H-pyrrole nitrogens is 1. The predicted octanol–water partition coefficient (Wildman–Crippen LogP) is 1.69. The molecule has 2 rings (SSSR count). The molecule has 1 aromatic rings. The molecule has 2 N–H and O–H groups in total. The summed E-state index contributed by atoms with van der Waals surface area (Å²) in [6, 6.07) is 0. The standard InChI is InChI=1S/C11H18N4OS/c1-3-6-12-10(16)7(2)17-11-13-9(14-15-11)8-4-5-8/h7-8H,3-6H2,1-2H3,(H,12,16)(H,13,14,15). The smallest absolute Gasteiger partial charge is 0.233 e. The topological polar surface area (TPSA) is 70.7 Å². The summed E-state index contributed by atoms with van der Waals surface area (Å²) in [4.78, 5) is 16.1. The molecule has 17 heavy (non-hydrogen) atoms. The van der Waals surface area contributed by atoms with Crippen molar-refractivity contribution < 1.29 is 4.79 Å². The van der Waals surface area contributed by atoms with Crippen LogP contribution in [0.2, 0.25) is 0 Å². The second kappa shape index (κ2) is 5.53. The summed E-state index contributed by atoms with van der Waals surface area (Å²) < 4.78 is 0. The lowest BCUT2D eigenvalue weighted by molar-refractivity contribution is -0.120. The number of rotatable bonds is 6. The van der Waals surface area contributed by atoms with Gasteiger partial charge in [-0.1, -0.05) is 18.7 Å². The Hall–Kier alpha value is -1.04. The monoisotopic (exact) mass is 254 g/mol. The zero-order valence-electron chi connectivity index (χ0n) is 10.2. The molecule has 0 bridgehead atoms. The van der Waals surface area contributed by atoms with Crippen LogP contribution >= 0.6 is 11.8 Å². The number of aromatic nitrogens is 3. The van der Waals surface area contributed by atoms with Crippen LogP contribution in [0, 0.1) is 0 Å². The quantitative estimate of drug-likeness (QED) is 0.758. The van der Waals surface area contributed by atoms with Gasteiger partial charge in [-0.3, -0.25) is 9.89 Å². The zero-order valence-corrected chi connectivity index (χ0v) is 11.0. The molecule has 6 heteroatoms. The normalized spacial score (nSPS) is 16.8. The molecule has 0 saturated heterocycles.